The number of aryl methyl sites for hydroxylation is 2. The highest BCUT2D eigenvalue weighted by molar-refractivity contribution is 5.96. The van der Waals surface area contributed by atoms with Gasteiger partial charge in [-0.25, -0.2) is 0 Å². The molecule has 0 radical (unpaired) electrons. The number of hydrogen-bond donors (Lipinski definition) is 2. The molecule has 0 saturated carbocycles. The minimum atomic E-state index is -0.185. The number of aliphatic hydroxyl groups is 1. The van der Waals surface area contributed by atoms with Gasteiger partial charge in [-0.2, -0.15) is 0 Å². The number of hydrogen-bond acceptors (Lipinski definition) is 4. The molecule has 106 valence electrons. The van der Waals surface area contributed by atoms with Crippen LogP contribution in [0.4, 0.5) is 0 Å². The number of carbonyl (C=O) groups is 1. The number of aliphatic hydroxyl groups excluding tert-OH is 1. The molecule has 0 bridgehead atoms. The molecule has 20 heavy (non-hydrogen) atoms. The lowest BCUT2D eigenvalue weighted by Gasteiger charge is -2.06. The van der Waals surface area contributed by atoms with Crippen molar-refractivity contribution >= 4 is 5.91 Å². The monoisotopic (exact) mass is 274 g/mol. The summed E-state index contributed by atoms with van der Waals surface area (Å²) in [5.41, 5.74) is 2.96. The number of amides is 1. The third-order valence-electron chi connectivity index (χ3n) is 3.12. The van der Waals surface area contributed by atoms with E-state index in [0.717, 1.165) is 11.1 Å². The van der Waals surface area contributed by atoms with Gasteiger partial charge in [-0.1, -0.05) is 36.3 Å². The van der Waals surface area contributed by atoms with Gasteiger partial charge < -0.3 is 14.9 Å². The lowest BCUT2D eigenvalue weighted by molar-refractivity contribution is 0.0948. The quantitative estimate of drug-likeness (QED) is 0.874. The molecule has 0 fully saturated rings. The zero-order chi connectivity index (χ0) is 14.5. The molecule has 0 aliphatic rings. The van der Waals surface area contributed by atoms with E-state index in [9.17, 15) is 4.79 Å². The lowest BCUT2D eigenvalue weighted by atomic mass is 10.1. The normalized spacial score (nSPS) is 10.6. The molecule has 5 nitrogen and oxygen atoms in total. The van der Waals surface area contributed by atoms with E-state index in [-0.39, 0.29) is 12.5 Å². The summed E-state index contributed by atoms with van der Waals surface area (Å²) in [5.74, 6) is 0.346. The molecule has 0 saturated heterocycles. The van der Waals surface area contributed by atoms with Gasteiger partial charge in [-0.05, 0) is 24.5 Å². The number of nitrogens with one attached hydrogen (secondary N) is 1. The molecule has 2 aromatic rings. The first-order valence-electron chi connectivity index (χ1n) is 6.57. The van der Waals surface area contributed by atoms with Crippen molar-refractivity contribution in [1.82, 2.24) is 10.5 Å². The van der Waals surface area contributed by atoms with E-state index in [1.807, 2.05) is 31.2 Å². The van der Waals surface area contributed by atoms with Gasteiger partial charge in [-0.3, -0.25) is 4.79 Å². The number of benzene rings is 1. The molecule has 5 heteroatoms. The predicted octanol–water partition coefficient (Wildman–Crippen LogP) is 1.97. The molecular formula is C15H18N2O3. The van der Waals surface area contributed by atoms with Crippen LogP contribution in [0.1, 0.15) is 39.9 Å². The molecule has 0 aliphatic carbocycles. The van der Waals surface area contributed by atoms with Gasteiger partial charge in [0.15, 0.2) is 0 Å². The maximum atomic E-state index is 12.2. The van der Waals surface area contributed by atoms with Crippen LogP contribution in [-0.4, -0.2) is 16.2 Å². The van der Waals surface area contributed by atoms with Gasteiger partial charge in [0.2, 0.25) is 0 Å². The Hall–Kier alpha value is -2.14. The van der Waals surface area contributed by atoms with Crippen molar-refractivity contribution in [3.63, 3.8) is 0 Å². The molecule has 1 amide bonds. The Morgan fingerprint density at radius 1 is 1.40 bits per heavy atom. The number of aromatic nitrogens is 1. The summed E-state index contributed by atoms with van der Waals surface area (Å²) in [7, 11) is 0. The second-order valence-corrected chi connectivity index (χ2v) is 4.57. The molecule has 2 N–H and O–H groups in total. The molecule has 0 spiro atoms. The molecule has 0 unspecified atom stereocenters. The Morgan fingerprint density at radius 3 is 2.85 bits per heavy atom. The molecule has 0 aliphatic heterocycles. The van der Waals surface area contributed by atoms with Crippen LogP contribution in [0.15, 0.2) is 28.8 Å². The predicted molar refractivity (Wildman–Crippen MR) is 74.2 cm³/mol. The van der Waals surface area contributed by atoms with Crippen LogP contribution in [0.5, 0.6) is 0 Å². The summed E-state index contributed by atoms with van der Waals surface area (Å²) in [6.45, 7) is 4.05. The summed E-state index contributed by atoms with van der Waals surface area (Å²) < 4.78 is 5.05. The summed E-state index contributed by atoms with van der Waals surface area (Å²) in [6, 6.07) is 7.46. The highest BCUT2D eigenvalue weighted by atomic mass is 16.5. The summed E-state index contributed by atoms with van der Waals surface area (Å²) in [6.07, 6.45) is 0.653. The largest absolute Gasteiger partial charge is 0.392 e. The van der Waals surface area contributed by atoms with E-state index < -0.39 is 0 Å². The fraction of sp³-hybridized carbons (Fsp3) is 0.333. The van der Waals surface area contributed by atoms with Gasteiger partial charge in [0.25, 0.3) is 5.91 Å². The van der Waals surface area contributed by atoms with Crippen LogP contribution in [0, 0.1) is 6.92 Å². The molecular weight excluding hydrogens is 256 g/mol. The lowest BCUT2D eigenvalue weighted by Crippen LogP contribution is -2.24. The molecule has 0 atom stereocenters. The zero-order valence-electron chi connectivity index (χ0n) is 11.6. The number of carbonyl (C=O) groups excluding carboxylic acids is 1. The minimum absolute atomic E-state index is 0.00741. The fourth-order valence-electron chi connectivity index (χ4n) is 2.06. The zero-order valence-corrected chi connectivity index (χ0v) is 11.6. The molecule has 1 aromatic heterocycles. The van der Waals surface area contributed by atoms with Crippen molar-refractivity contribution in [2.45, 2.75) is 33.4 Å². The topological polar surface area (TPSA) is 75.4 Å². The van der Waals surface area contributed by atoms with Crippen molar-refractivity contribution in [3.8, 4) is 0 Å². The van der Waals surface area contributed by atoms with E-state index in [4.69, 9.17) is 9.63 Å². The highest BCUT2D eigenvalue weighted by Gasteiger charge is 2.18. The van der Waals surface area contributed by atoms with Crippen molar-refractivity contribution in [1.29, 1.82) is 0 Å². The Morgan fingerprint density at radius 2 is 2.15 bits per heavy atom. The minimum Gasteiger partial charge on any atom is -0.392 e. The Balaban J connectivity index is 2.06. The number of nitrogens with zero attached hydrogens (tertiary/aromatic N) is 1. The van der Waals surface area contributed by atoms with Crippen LogP contribution >= 0.6 is 0 Å². The van der Waals surface area contributed by atoms with Gasteiger partial charge in [0.05, 0.1) is 12.3 Å². The van der Waals surface area contributed by atoms with Crippen LogP contribution in [-0.2, 0) is 19.6 Å². The third-order valence-corrected chi connectivity index (χ3v) is 3.12. The SMILES string of the molecule is CCc1noc(C)c1C(=O)NCc1cccc(CO)c1. The Kier molecular flexibility index (Phi) is 4.53. The van der Waals surface area contributed by atoms with E-state index in [1.54, 1.807) is 6.92 Å². The standard InChI is InChI=1S/C15H18N2O3/c1-3-13-14(10(2)20-17-13)15(19)16-8-11-5-4-6-12(7-11)9-18/h4-7,18H,3,8-9H2,1-2H3,(H,16,19). The Labute approximate surface area is 117 Å². The van der Waals surface area contributed by atoms with E-state index in [0.29, 0.717) is 30.0 Å². The van der Waals surface area contributed by atoms with E-state index in [2.05, 4.69) is 10.5 Å². The summed E-state index contributed by atoms with van der Waals surface area (Å²) in [5, 5.41) is 15.8. The maximum Gasteiger partial charge on any atom is 0.257 e. The smallest absolute Gasteiger partial charge is 0.257 e. The van der Waals surface area contributed by atoms with Crippen LogP contribution in [0.2, 0.25) is 0 Å². The van der Waals surface area contributed by atoms with Crippen LogP contribution in [0.25, 0.3) is 0 Å². The summed E-state index contributed by atoms with van der Waals surface area (Å²) >= 11 is 0. The van der Waals surface area contributed by atoms with E-state index in [1.165, 1.54) is 0 Å². The first-order chi connectivity index (χ1) is 9.65. The molecule has 2 rings (SSSR count). The van der Waals surface area contributed by atoms with Gasteiger partial charge >= 0.3 is 0 Å². The Bertz CT molecular complexity index is 605. The van der Waals surface area contributed by atoms with Crippen molar-refractivity contribution in [2.75, 3.05) is 0 Å². The van der Waals surface area contributed by atoms with Crippen molar-refractivity contribution in [3.05, 3.63) is 52.4 Å². The first kappa shape index (κ1) is 14.3. The van der Waals surface area contributed by atoms with E-state index >= 15 is 0 Å². The number of rotatable bonds is 5. The third kappa shape index (κ3) is 3.05. The maximum absolute atomic E-state index is 12.2. The van der Waals surface area contributed by atoms with Crippen LogP contribution in [0.3, 0.4) is 0 Å². The average Bonchev–Trinajstić information content (AvgIpc) is 2.86. The molecule has 1 aromatic carbocycles. The molecule has 1 heterocycles. The highest BCUT2D eigenvalue weighted by Crippen LogP contribution is 2.14. The van der Waals surface area contributed by atoms with Gasteiger partial charge in [-0.15, -0.1) is 0 Å². The van der Waals surface area contributed by atoms with Gasteiger partial charge in [0, 0.05) is 6.54 Å². The second kappa shape index (κ2) is 6.34. The second-order valence-electron chi connectivity index (χ2n) is 4.57. The average molecular weight is 274 g/mol. The summed E-state index contributed by atoms with van der Waals surface area (Å²) in [4.78, 5) is 12.2. The van der Waals surface area contributed by atoms with Gasteiger partial charge in [0.1, 0.15) is 11.3 Å². The fourth-order valence-corrected chi connectivity index (χ4v) is 2.06. The van der Waals surface area contributed by atoms with Crippen molar-refractivity contribution < 1.29 is 14.4 Å². The van der Waals surface area contributed by atoms with Crippen molar-refractivity contribution in [2.24, 2.45) is 0 Å². The first-order valence-corrected chi connectivity index (χ1v) is 6.57. The van der Waals surface area contributed by atoms with Crippen LogP contribution < -0.4 is 5.32 Å².